The minimum Gasteiger partial charge on any atom is -0.356 e. The molecule has 0 aliphatic heterocycles. The van der Waals surface area contributed by atoms with E-state index in [0.717, 1.165) is 91.1 Å². The molecular weight excluding hydrogens is 703 g/mol. The van der Waals surface area contributed by atoms with Crippen LogP contribution in [0.15, 0.2) is 214 Å². The van der Waals surface area contributed by atoms with Crippen LogP contribution in [0, 0.1) is 0 Å². The molecule has 2 aliphatic carbocycles. The van der Waals surface area contributed by atoms with Crippen LogP contribution in [0.2, 0.25) is 0 Å². The van der Waals surface area contributed by atoms with E-state index in [4.69, 9.17) is 20.0 Å². The van der Waals surface area contributed by atoms with E-state index in [2.05, 4.69) is 75.9 Å². The Balaban J connectivity index is 0.807. The van der Waals surface area contributed by atoms with Crippen LogP contribution in [0.4, 0.5) is 68.2 Å². The first-order chi connectivity index (χ1) is 27.9. The van der Waals surface area contributed by atoms with Gasteiger partial charge in [0.05, 0.1) is 45.6 Å². The van der Waals surface area contributed by atoms with Gasteiger partial charge in [0, 0.05) is 84.2 Å². The largest absolute Gasteiger partial charge is 0.356 e. The van der Waals surface area contributed by atoms with E-state index in [9.17, 15) is 0 Å². The maximum atomic E-state index is 4.79. The fourth-order valence-corrected chi connectivity index (χ4v) is 6.11. The van der Waals surface area contributed by atoms with Crippen molar-refractivity contribution in [3.05, 3.63) is 194 Å². The molecule has 9 nitrogen and oxygen atoms in total. The van der Waals surface area contributed by atoms with E-state index in [-0.39, 0.29) is 0 Å². The fraction of sp³-hybridized carbons (Fsp3) is 0. The van der Waals surface area contributed by atoms with Crippen LogP contribution in [0.3, 0.4) is 0 Å². The molecule has 0 amide bonds. The van der Waals surface area contributed by atoms with E-state index in [1.807, 2.05) is 146 Å². The van der Waals surface area contributed by atoms with Crippen molar-refractivity contribution >= 4 is 91.1 Å². The predicted octanol–water partition coefficient (Wildman–Crippen LogP) is 8.17. The molecule has 8 rings (SSSR count). The Hall–Kier alpha value is -7.40. The van der Waals surface area contributed by atoms with E-state index in [1.54, 1.807) is 0 Å². The summed E-state index contributed by atoms with van der Waals surface area (Å²) < 4.78 is 0. The topological polar surface area (TPSA) is 150 Å². The summed E-state index contributed by atoms with van der Waals surface area (Å²) in [4.78, 5) is 19.1. The number of anilines is 2. The molecule has 9 heteroatoms. The summed E-state index contributed by atoms with van der Waals surface area (Å²) in [5, 5.41) is 7.75. The molecule has 6 aromatic carbocycles. The van der Waals surface area contributed by atoms with Gasteiger partial charge in [0.15, 0.2) is 0 Å². The fourth-order valence-electron chi connectivity index (χ4n) is 6.11. The molecule has 0 atom stereocenters. The Morgan fingerprint density at radius 3 is 0.789 bits per heavy atom. The number of benzene rings is 6. The molecule has 0 aromatic heterocycles. The lowest BCUT2D eigenvalue weighted by atomic mass is 10.1. The maximum absolute atomic E-state index is 4.79. The second kappa shape index (κ2) is 17.4. The lowest BCUT2D eigenvalue weighted by molar-refractivity contribution is -0.479. The number of quaternary nitrogens is 4. The van der Waals surface area contributed by atoms with Crippen molar-refractivity contribution in [3.63, 3.8) is 0 Å². The summed E-state index contributed by atoms with van der Waals surface area (Å²) in [6.07, 6.45) is 15.9. The summed E-state index contributed by atoms with van der Waals surface area (Å²) in [7, 11) is 0. The summed E-state index contributed by atoms with van der Waals surface area (Å²) >= 11 is 0. The minimum atomic E-state index is 0.869. The lowest BCUT2D eigenvalue weighted by Crippen LogP contribution is -2.70. The van der Waals surface area contributed by atoms with Crippen LogP contribution in [-0.2, 0) is 0 Å². The minimum absolute atomic E-state index is 0.869. The van der Waals surface area contributed by atoms with Gasteiger partial charge < -0.3 is 16.8 Å². The Kier molecular flexibility index (Phi) is 11.1. The molecular formula is C48H43N9+4. The van der Waals surface area contributed by atoms with Gasteiger partial charge in [0.25, 0.3) is 0 Å². The SMILES string of the molecule is [NH3+]c1ccc([NH2+]c2ccc(N=C3C=CC(=Nc4ccc(Nc5ccc(N=C6C=CC(=Nc7ccc([NH2+]c8ccc([NH3+])cc8)cc7)C=C6)cc5)cc4)C=C3)cc2)cc1. The van der Waals surface area contributed by atoms with E-state index >= 15 is 0 Å². The Labute approximate surface area is 331 Å². The van der Waals surface area contributed by atoms with Crippen molar-refractivity contribution in [2.24, 2.45) is 20.0 Å². The summed E-state index contributed by atoms with van der Waals surface area (Å²) in [6, 6.07) is 48.9. The van der Waals surface area contributed by atoms with Crippen molar-refractivity contribution in [2.75, 3.05) is 5.32 Å². The van der Waals surface area contributed by atoms with Gasteiger partial charge in [-0.05, 0) is 121 Å². The molecule has 2 aliphatic rings. The van der Waals surface area contributed by atoms with Crippen LogP contribution < -0.4 is 27.4 Å². The summed E-state index contributed by atoms with van der Waals surface area (Å²) in [6.45, 7) is 0. The third-order valence-corrected chi connectivity index (χ3v) is 9.17. The maximum Gasteiger partial charge on any atom is 0.135 e. The average Bonchev–Trinajstić information content (AvgIpc) is 3.24. The Bertz CT molecular complexity index is 2370. The molecule has 0 unspecified atom stereocenters. The number of aliphatic imine (C=N–C) groups is 4. The number of hydrogen-bond donors (Lipinski definition) is 5. The molecule has 0 radical (unpaired) electrons. The number of nitrogens with zero attached hydrogens (tertiary/aromatic N) is 4. The molecule has 0 bridgehead atoms. The van der Waals surface area contributed by atoms with Crippen molar-refractivity contribution < 1.29 is 22.1 Å². The van der Waals surface area contributed by atoms with Gasteiger partial charge in [0.1, 0.15) is 34.1 Å². The molecule has 0 heterocycles. The van der Waals surface area contributed by atoms with Crippen LogP contribution in [0.25, 0.3) is 0 Å². The van der Waals surface area contributed by atoms with Crippen molar-refractivity contribution in [2.45, 2.75) is 0 Å². The Morgan fingerprint density at radius 1 is 0.298 bits per heavy atom. The number of rotatable bonds is 10. The van der Waals surface area contributed by atoms with Crippen LogP contribution in [0.1, 0.15) is 0 Å². The molecule has 11 N–H and O–H groups in total. The highest BCUT2D eigenvalue weighted by molar-refractivity contribution is 6.20. The van der Waals surface area contributed by atoms with Gasteiger partial charge in [0.2, 0.25) is 0 Å². The first-order valence-corrected chi connectivity index (χ1v) is 18.7. The molecule has 57 heavy (non-hydrogen) atoms. The van der Waals surface area contributed by atoms with E-state index in [1.165, 1.54) is 0 Å². The predicted molar refractivity (Wildman–Crippen MR) is 234 cm³/mol. The highest BCUT2D eigenvalue weighted by Gasteiger charge is 2.06. The normalized spacial score (nSPS) is 13.2. The van der Waals surface area contributed by atoms with Gasteiger partial charge in [-0.15, -0.1) is 0 Å². The highest BCUT2D eigenvalue weighted by Crippen LogP contribution is 2.24. The van der Waals surface area contributed by atoms with Gasteiger partial charge in [-0.1, -0.05) is 0 Å². The van der Waals surface area contributed by atoms with Gasteiger partial charge in [-0.25, -0.2) is 20.0 Å². The van der Waals surface area contributed by atoms with Crippen molar-refractivity contribution in [3.8, 4) is 0 Å². The second-order valence-corrected chi connectivity index (χ2v) is 13.7. The average molecular weight is 746 g/mol. The third-order valence-electron chi connectivity index (χ3n) is 9.17. The standard InChI is InChI=1S/C48H39N9/c49-33-1-5-35(6-2-33)51-37-9-13-39(14-10-37)53-41-17-21-43(22-18-41)55-45-25-29-47(30-26-45)57-48-31-27-46(28-32-48)56-44-23-19-42(20-24-44)54-40-15-11-38(12-16-40)52-36-7-3-34(50)4-8-36/h1-32,51-52,57H,49-50H2/p+4. The number of nitrogens with two attached hydrogens (primary N) is 2. The highest BCUT2D eigenvalue weighted by atomic mass is 14.9. The summed E-state index contributed by atoms with van der Waals surface area (Å²) in [5.74, 6) is 0. The van der Waals surface area contributed by atoms with Crippen molar-refractivity contribution in [1.29, 1.82) is 0 Å². The first-order valence-electron chi connectivity index (χ1n) is 18.7. The monoisotopic (exact) mass is 745 g/mol. The molecule has 276 valence electrons. The zero-order chi connectivity index (χ0) is 38.8. The first kappa shape index (κ1) is 36.6. The van der Waals surface area contributed by atoms with Gasteiger partial charge in [-0.3, -0.25) is 10.6 Å². The van der Waals surface area contributed by atoms with Crippen LogP contribution in [0.5, 0.6) is 0 Å². The summed E-state index contributed by atoms with van der Waals surface area (Å²) in [5.41, 5.74) is 23.5. The molecule has 0 saturated heterocycles. The van der Waals surface area contributed by atoms with E-state index in [0.29, 0.717) is 0 Å². The van der Waals surface area contributed by atoms with E-state index < -0.39 is 0 Å². The third kappa shape index (κ3) is 10.4. The van der Waals surface area contributed by atoms with Gasteiger partial charge >= 0.3 is 0 Å². The molecule has 0 spiro atoms. The second-order valence-electron chi connectivity index (χ2n) is 13.7. The number of hydrogen-bond acceptors (Lipinski definition) is 5. The van der Waals surface area contributed by atoms with Crippen molar-refractivity contribution in [1.82, 2.24) is 0 Å². The quantitative estimate of drug-likeness (QED) is 0.0698. The molecule has 0 saturated carbocycles. The smallest absolute Gasteiger partial charge is 0.135 e. The number of allylic oxidation sites excluding steroid dienone is 8. The molecule has 6 aromatic rings. The van der Waals surface area contributed by atoms with Gasteiger partial charge in [-0.2, -0.15) is 0 Å². The zero-order valence-electron chi connectivity index (χ0n) is 31.3. The number of nitrogens with one attached hydrogen (secondary N) is 1. The zero-order valence-corrected chi connectivity index (χ0v) is 31.3. The van der Waals surface area contributed by atoms with Crippen LogP contribution in [-0.4, -0.2) is 22.8 Å². The molecule has 0 fully saturated rings. The Morgan fingerprint density at radius 2 is 0.526 bits per heavy atom. The van der Waals surface area contributed by atoms with Crippen LogP contribution >= 0.6 is 0 Å². The lowest BCUT2D eigenvalue weighted by Gasteiger charge is -2.08.